The number of benzene rings is 1. The van der Waals surface area contributed by atoms with Crippen LogP contribution in [0.2, 0.25) is 0 Å². The Hall–Kier alpha value is -2.11. The fourth-order valence-corrected chi connectivity index (χ4v) is 3.14. The maximum Gasteiger partial charge on any atom is 0.264 e. The Morgan fingerprint density at radius 1 is 1.33 bits per heavy atom. The number of rotatable bonds is 4. The summed E-state index contributed by atoms with van der Waals surface area (Å²) in [6, 6.07) is 6.92. The third-order valence-electron chi connectivity index (χ3n) is 4.69. The number of amides is 1. The molecule has 1 atom stereocenters. The molecule has 1 amide bonds. The quantitative estimate of drug-likeness (QED) is 0.922. The fourth-order valence-electron chi connectivity index (χ4n) is 3.14. The van der Waals surface area contributed by atoms with Gasteiger partial charge >= 0.3 is 0 Å². The van der Waals surface area contributed by atoms with Crippen LogP contribution in [-0.4, -0.2) is 36.9 Å². The molecule has 2 aliphatic heterocycles. The van der Waals surface area contributed by atoms with Gasteiger partial charge in [-0.3, -0.25) is 4.79 Å². The van der Waals surface area contributed by atoms with Crippen LogP contribution in [-0.2, 0) is 9.63 Å². The van der Waals surface area contributed by atoms with Crippen LogP contribution >= 0.6 is 0 Å². The van der Waals surface area contributed by atoms with Gasteiger partial charge in [-0.1, -0.05) is 31.1 Å². The van der Waals surface area contributed by atoms with E-state index < -0.39 is 6.10 Å². The first-order valence-electron chi connectivity index (χ1n) is 8.57. The number of carbonyl (C=O) groups is 1. The number of para-hydroxylation sites is 1. The Kier molecular flexibility index (Phi) is 5.02. The molecule has 0 unspecified atom stereocenters. The van der Waals surface area contributed by atoms with Gasteiger partial charge in [0.1, 0.15) is 5.82 Å². The minimum Gasteiger partial charge on any atom is -0.382 e. The topological polar surface area (TPSA) is 53.9 Å². The van der Waals surface area contributed by atoms with Crippen LogP contribution in [0.1, 0.15) is 33.1 Å². The lowest BCUT2D eigenvalue weighted by Crippen LogP contribution is -2.47. The first kappa shape index (κ1) is 16.7. The van der Waals surface area contributed by atoms with Gasteiger partial charge in [0.25, 0.3) is 5.91 Å². The largest absolute Gasteiger partial charge is 0.382 e. The molecule has 0 bridgehead atoms. The predicted molar refractivity (Wildman–Crippen MR) is 91.5 cm³/mol. The number of nitrogens with zero attached hydrogens (tertiary/aromatic N) is 2. The molecule has 0 radical (unpaired) electrons. The van der Waals surface area contributed by atoms with Gasteiger partial charge in [-0.25, -0.2) is 4.39 Å². The molecule has 1 fully saturated rings. The summed E-state index contributed by atoms with van der Waals surface area (Å²) in [5, 5.41) is 7.05. The van der Waals surface area contributed by atoms with Crippen molar-refractivity contribution in [3.8, 4) is 0 Å². The highest BCUT2D eigenvalue weighted by Crippen LogP contribution is 2.23. The Morgan fingerprint density at radius 2 is 2.04 bits per heavy atom. The summed E-state index contributed by atoms with van der Waals surface area (Å²) in [7, 11) is 0. The van der Waals surface area contributed by atoms with E-state index in [4.69, 9.17) is 4.84 Å². The summed E-state index contributed by atoms with van der Waals surface area (Å²) in [5.41, 5.74) is 1.57. The lowest BCUT2D eigenvalue weighted by Gasteiger charge is -2.34. The Bertz CT molecular complexity index is 624. The van der Waals surface area contributed by atoms with Gasteiger partial charge in [0.05, 0.1) is 11.4 Å². The average Bonchev–Trinajstić information content (AvgIpc) is 3.07. The molecule has 130 valence electrons. The maximum absolute atomic E-state index is 13.8. The van der Waals surface area contributed by atoms with Crippen molar-refractivity contribution in [3.05, 3.63) is 30.1 Å². The molecule has 0 saturated carbocycles. The summed E-state index contributed by atoms with van der Waals surface area (Å²) in [6.45, 7) is 5.54. The minimum absolute atomic E-state index is 0.0984. The Labute approximate surface area is 141 Å². The second-order valence-electron chi connectivity index (χ2n) is 6.76. The van der Waals surface area contributed by atoms with Crippen molar-refractivity contribution in [1.82, 2.24) is 5.32 Å². The van der Waals surface area contributed by atoms with E-state index in [-0.39, 0.29) is 17.8 Å². The first-order chi connectivity index (χ1) is 11.5. The normalized spacial score (nSPS) is 21.6. The molecule has 24 heavy (non-hydrogen) atoms. The summed E-state index contributed by atoms with van der Waals surface area (Å²) >= 11 is 0. The van der Waals surface area contributed by atoms with Crippen LogP contribution in [0.4, 0.5) is 10.1 Å². The van der Waals surface area contributed by atoms with Gasteiger partial charge < -0.3 is 15.1 Å². The van der Waals surface area contributed by atoms with Crippen molar-refractivity contribution in [3.63, 3.8) is 0 Å². The van der Waals surface area contributed by atoms with Gasteiger partial charge in [-0.15, -0.1) is 0 Å². The number of piperidine rings is 1. The molecule has 2 aliphatic rings. The van der Waals surface area contributed by atoms with E-state index in [0.717, 1.165) is 31.6 Å². The van der Waals surface area contributed by atoms with E-state index in [9.17, 15) is 9.18 Å². The lowest BCUT2D eigenvalue weighted by molar-refractivity contribution is -0.132. The van der Waals surface area contributed by atoms with Crippen molar-refractivity contribution in [2.75, 3.05) is 18.0 Å². The minimum atomic E-state index is -0.507. The van der Waals surface area contributed by atoms with Crippen LogP contribution < -0.4 is 10.2 Å². The molecule has 0 aromatic heterocycles. The summed E-state index contributed by atoms with van der Waals surface area (Å²) < 4.78 is 13.8. The Balaban J connectivity index is 1.48. The van der Waals surface area contributed by atoms with Crippen molar-refractivity contribution in [2.24, 2.45) is 11.1 Å². The first-order valence-corrected chi connectivity index (χ1v) is 8.57. The molecule has 5 nitrogen and oxygen atoms in total. The van der Waals surface area contributed by atoms with E-state index in [0.29, 0.717) is 18.0 Å². The second kappa shape index (κ2) is 7.20. The molecule has 0 aliphatic carbocycles. The van der Waals surface area contributed by atoms with Crippen molar-refractivity contribution in [2.45, 2.75) is 45.3 Å². The van der Waals surface area contributed by atoms with Crippen molar-refractivity contribution >= 4 is 17.3 Å². The number of nitrogens with one attached hydrogen (secondary N) is 1. The average molecular weight is 333 g/mol. The third kappa shape index (κ3) is 3.68. The molecule has 6 heteroatoms. The SMILES string of the molecule is CC(C)C1=NO[C@H](C(=O)NC2CCN(c3ccccc3F)CC2)C1. The van der Waals surface area contributed by atoms with Crippen LogP contribution in [0.5, 0.6) is 0 Å². The fraction of sp³-hybridized carbons (Fsp3) is 0.556. The summed E-state index contributed by atoms with van der Waals surface area (Å²) in [4.78, 5) is 19.6. The number of anilines is 1. The van der Waals surface area contributed by atoms with E-state index in [1.54, 1.807) is 12.1 Å². The predicted octanol–water partition coefficient (Wildman–Crippen LogP) is 2.71. The van der Waals surface area contributed by atoms with Crippen LogP contribution in [0.15, 0.2) is 29.4 Å². The molecular formula is C18H24FN3O2. The monoisotopic (exact) mass is 333 g/mol. The molecule has 1 saturated heterocycles. The molecule has 1 N–H and O–H groups in total. The van der Waals surface area contributed by atoms with E-state index in [1.165, 1.54) is 6.07 Å². The summed E-state index contributed by atoms with van der Waals surface area (Å²) in [5.74, 6) is 0.00301. The molecule has 0 spiro atoms. The number of hydrogen-bond donors (Lipinski definition) is 1. The van der Waals surface area contributed by atoms with E-state index >= 15 is 0 Å². The zero-order valence-corrected chi connectivity index (χ0v) is 14.2. The Morgan fingerprint density at radius 3 is 2.67 bits per heavy atom. The van der Waals surface area contributed by atoms with Crippen LogP contribution in [0, 0.1) is 11.7 Å². The van der Waals surface area contributed by atoms with Crippen LogP contribution in [0.25, 0.3) is 0 Å². The van der Waals surface area contributed by atoms with Crippen molar-refractivity contribution in [1.29, 1.82) is 0 Å². The zero-order chi connectivity index (χ0) is 17.1. The number of oxime groups is 1. The number of carbonyl (C=O) groups excluding carboxylic acids is 1. The van der Waals surface area contributed by atoms with E-state index in [2.05, 4.69) is 10.5 Å². The smallest absolute Gasteiger partial charge is 0.264 e. The second-order valence-corrected chi connectivity index (χ2v) is 6.76. The zero-order valence-electron chi connectivity index (χ0n) is 14.2. The highest BCUT2D eigenvalue weighted by atomic mass is 19.1. The maximum atomic E-state index is 13.8. The van der Waals surface area contributed by atoms with Gasteiger partial charge in [-0.05, 0) is 30.9 Å². The van der Waals surface area contributed by atoms with Gasteiger partial charge in [0.15, 0.2) is 0 Å². The van der Waals surface area contributed by atoms with Gasteiger partial charge in [-0.2, -0.15) is 0 Å². The molecule has 3 rings (SSSR count). The van der Waals surface area contributed by atoms with Crippen molar-refractivity contribution < 1.29 is 14.0 Å². The molecular weight excluding hydrogens is 309 g/mol. The number of halogens is 1. The van der Waals surface area contributed by atoms with Crippen LogP contribution in [0.3, 0.4) is 0 Å². The molecule has 2 heterocycles. The standard InChI is InChI=1S/C18H24FN3O2/c1-12(2)15-11-17(24-21-15)18(23)20-13-7-9-22(10-8-13)16-6-4-3-5-14(16)19/h3-6,12-13,17H,7-11H2,1-2H3,(H,20,23)/t17-/m0/s1. The summed E-state index contributed by atoms with van der Waals surface area (Å²) in [6.07, 6.45) is 1.65. The highest BCUT2D eigenvalue weighted by Gasteiger charge is 2.31. The van der Waals surface area contributed by atoms with E-state index in [1.807, 2.05) is 24.8 Å². The highest BCUT2D eigenvalue weighted by molar-refractivity contribution is 5.93. The molecule has 1 aromatic carbocycles. The van der Waals surface area contributed by atoms with Gasteiger partial charge in [0.2, 0.25) is 6.10 Å². The van der Waals surface area contributed by atoms with Gasteiger partial charge in [0, 0.05) is 25.6 Å². The third-order valence-corrected chi connectivity index (χ3v) is 4.69. The molecule has 1 aromatic rings. The number of hydrogen-bond acceptors (Lipinski definition) is 4. The lowest BCUT2D eigenvalue weighted by atomic mass is 10.0.